The average molecular weight is 169 g/mol. The van der Waals surface area contributed by atoms with Crippen LogP contribution in [-0.2, 0) is 0 Å². The fourth-order valence-corrected chi connectivity index (χ4v) is 2.27. The van der Waals surface area contributed by atoms with Gasteiger partial charge in [0.15, 0.2) is 0 Å². The van der Waals surface area contributed by atoms with Crippen LogP contribution < -0.4 is 5.73 Å². The molecule has 0 aromatic heterocycles. The topological polar surface area (TPSA) is 26.0 Å². The first-order chi connectivity index (χ1) is 5.29. The van der Waals surface area contributed by atoms with Crippen LogP contribution in [0.3, 0.4) is 0 Å². The van der Waals surface area contributed by atoms with Crippen molar-refractivity contribution in [2.75, 3.05) is 0 Å². The van der Waals surface area contributed by atoms with Crippen LogP contribution in [0.1, 0.15) is 53.4 Å². The smallest absolute Gasteiger partial charge is 0.0133 e. The molecular weight excluding hydrogens is 146 g/mol. The summed E-state index contributed by atoms with van der Waals surface area (Å²) in [7, 11) is 0. The maximum absolute atomic E-state index is 6.24. The van der Waals surface area contributed by atoms with Gasteiger partial charge in [-0.15, -0.1) is 0 Å². The van der Waals surface area contributed by atoms with Gasteiger partial charge in [0, 0.05) is 5.54 Å². The third kappa shape index (κ3) is 4.10. The van der Waals surface area contributed by atoms with Gasteiger partial charge in [-0.3, -0.25) is 0 Å². The molecule has 1 aliphatic carbocycles. The van der Waals surface area contributed by atoms with Crippen LogP contribution in [0.15, 0.2) is 0 Å². The summed E-state index contributed by atoms with van der Waals surface area (Å²) in [6.07, 6.45) is 5.19. The number of hydrogen-bond acceptors (Lipinski definition) is 1. The van der Waals surface area contributed by atoms with Gasteiger partial charge in [0.25, 0.3) is 0 Å². The van der Waals surface area contributed by atoms with E-state index in [4.69, 9.17) is 5.73 Å². The highest BCUT2D eigenvalue weighted by Gasteiger charge is 2.33. The van der Waals surface area contributed by atoms with Crippen LogP contribution in [0.5, 0.6) is 0 Å². The number of hydrogen-bond donors (Lipinski definition) is 1. The molecular formula is C11H23N. The van der Waals surface area contributed by atoms with Gasteiger partial charge in [-0.05, 0) is 31.1 Å². The Hall–Kier alpha value is -0.0400. The molecule has 0 aromatic carbocycles. The second-order valence-electron chi connectivity index (χ2n) is 6.04. The van der Waals surface area contributed by atoms with E-state index in [1.54, 1.807) is 0 Å². The fourth-order valence-electron chi connectivity index (χ4n) is 2.27. The van der Waals surface area contributed by atoms with Crippen molar-refractivity contribution in [2.45, 2.75) is 58.9 Å². The van der Waals surface area contributed by atoms with Crippen LogP contribution in [0.2, 0.25) is 0 Å². The molecule has 2 N–H and O–H groups in total. The van der Waals surface area contributed by atoms with Crippen LogP contribution >= 0.6 is 0 Å². The molecule has 0 radical (unpaired) electrons. The Morgan fingerprint density at radius 3 is 2.00 bits per heavy atom. The second-order valence-corrected chi connectivity index (χ2v) is 6.04. The molecule has 1 fully saturated rings. The van der Waals surface area contributed by atoms with Crippen molar-refractivity contribution < 1.29 is 0 Å². The molecule has 1 rings (SSSR count). The predicted molar refractivity (Wildman–Crippen MR) is 54.0 cm³/mol. The summed E-state index contributed by atoms with van der Waals surface area (Å²) >= 11 is 0. The lowest BCUT2D eigenvalue weighted by Gasteiger charge is -2.32. The van der Waals surface area contributed by atoms with Crippen molar-refractivity contribution in [2.24, 2.45) is 17.1 Å². The van der Waals surface area contributed by atoms with Crippen molar-refractivity contribution in [1.29, 1.82) is 0 Å². The monoisotopic (exact) mass is 169 g/mol. The number of rotatable bonds is 3. The van der Waals surface area contributed by atoms with Crippen LogP contribution in [-0.4, -0.2) is 5.54 Å². The van der Waals surface area contributed by atoms with Crippen molar-refractivity contribution in [3.05, 3.63) is 0 Å². The molecule has 1 aliphatic rings. The van der Waals surface area contributed by atoms with Gasteiger partial charge in [0.2, 0.25) is 0 Å². The average Bonchev–Trinajstić information content (AvgIpc) is 2.39. The minimum absolute atomic E-state index is 0.0689. The highest BCUT2D eigenvalue weighted by atomic mass is 14.7. The van der Waals surface area contributed by atoms with E-state index in [1.165, 1.54) is 19.3 Å². The first-order valence-electron chi connectivity index (χ1n) is 5.07. The van der Waals surface area contributed by atoms with Gasteiger partial charge in [-0.2, -0.15) is 0 Å². The number of nitrogens with two attached hydrogens (primary N) is 1. The van der Waals surface area contributed by atoms with E-state index in [0.717, 1.165) is 12.3 Å². The third-order valence-corrected chi connectivity index (χ3v) is 2.39. The van der Waals surface area contributed by atoms with Gasteiger partial charge in [-0.1, -0.05) is 33.6 Å². The van der Waals surface area contributed by atoms with Gasteiger partial charge in [0.1, 0.15) is 0 Å². The molecule has 0 aromatic rings. The molecule has 0 amide bonds. The second kappa shape index (κ2) is 3.02. The Kier molecular flexibility index (Phi) is 2.53. The molecule has 0 bridgehead atoms. The zero-order valence-corrected chi connectivity index (χ0v) is 8.98. The maximum Gasteiger partial charge on any atom is 0.0133 e. The summed E-state index contributed by atoms with van der Waals surface area (Å²) < 4.78 is 0. The van der Waals surface area contributed by atoms with Crippen LogP contribution in [0.25, 0.3) is 0 Å². The maximum atomic E-state index is 6.24. The van der Waals surface area contributed by atoms with Gasteiger partial charge >= 0.3 is 0 Å². The van der Waals surface area contributed by atoms with E-state index in [2.05, 4.69) is 27.7 Å². The third-order valence-electron chi connectivity index (χ3n) is 2.39. The molecule has 0 spiro atoms. The molecule has 0 heterocycles. The van der Waals surface area contributed by atoms with E-state index >= 15 is 0 Å². The lowest BCUT2D eigenvalue weighted by molar-refractivity contribution is 0.251. The molecule has 1 nitrogen and oxygen atoms in total. The van der Waals surface area contributed by atoms with E-state index in [9.17, 15) is 0 Å². The van der Waals surface area contributed by atoms with Gasteiger partial charge in [-0.25, -0.2) is 0 Å². The van der Waals surface area contributed by atoms with Crippen molar-refractivity contribution >= 4 is 0 Å². The zero-order valence-electron chi connectivity index (χ0n) is 8.98. The van der Waals surface area contributed by atoms with E-state index in [-0.39, 0.29) is 5.54 Å². The van der Waals surface area contributed by atoms with Crippen molar-refractivity contribution in [1.82, 2.24) is 0 Å². The molecule has 1 saturated carbocycles. The Morgan fingerprint density at radius 1 is 1.17 bits per heavy atom. The first-order valence-corrected chi connectivity index (χ1v) is 5.07. The summed E-state index contributed by atoms with van der Waals surface area (Å²) in [4.78, 5) is 0. The Balaban J connectivity index is 2.35. The van der Waals surface area contributed by atoms with E-state index in [0.29, 0.717) is 5.41 Å². The van der Waals surface area contributed by atoms with Crippen molar-refractivity contribution in [3.63, 3.8) is 0 Å². The molecule has 72 valence electrons. The van der Waals surface area contributed by atoms with E-state index < -0.39 is 0 Å². The Bertz CT molecular complexity index is 149. The molecule has 0 aliphatic heterocycles. The first kappa shape index (κ1) is 10.0. The molecule has 1 heteroatoms. The quantitative estimate of drug-likeness (QED) is 0.690. The lowest BCUT2D eigenvalue weighted by atomic mass is 9.79. The Morgan fingerprint density at radius 2 is 1.67 bits per heavy atom. The van der Waals surface area contributed by atoms with Gasteiger partial charge in [0.05, 0.1) is 0 Å². The molecule has 0 saturated heterocycles. The van der Waals surface area contributed by atoms with Crippen LogP contribution in [0, 0.1) is 11.3 Å². The summed E-state index contributed by atoms with van der Waals surface area (Å²) in [6.45, 7) is 9.01. The summed E-state index contributed by atoms with van der Waals surface area (Å²) in [6, 6.07) is 0. The summed E-state index contributed by atoms with van der Waals surface area (Å²) in [5.41, 5.74) is 6.69. The standard InChI is InChI=1S/C11H23N/c1-10(2,3)8-11(4,12)7-9-5-6-9/h9H,5-8,12H2,1-4H3. The van der Waals surface area contributed by atoms with Gasteiger partial charge < -0.3 is 5.73 Å². The largest absolute Gasteiger partial charge is 0.325 e. The molecule has 1 unspecified atom stereocenters. The normalized spacial score (nSPS) is 23.8. The van der Waals surface area contributed by atoms with Crippen molar-refractivity contribution in [3.8, 4) is 0 Å². The highest BCUT2D eigenvalue weighted by Crippen LogP contribution is 2.39. The predicted octanol–water partition coefficient (Wildman–Crippen LogP) is 2.94. The molecule has 1 atom stereocenters. The Labute approximate surface area is 76.7 Å². The summed E-state index contributed by atoms with van der Waals surface area (Å²) in [5, 5.41) is 0. The minimum Gasteiger partial charge on any atom is -0.325 e. The van der Waals surface area contributed by atoms with Crippen LogP contribution in [0.4, 0.5) is 0 Å². The SMILES string of the molecule is CC(C)(C)CC(C)(N)CC1CC1. The highest BCUT2D eigenvalue weighted by molar-refractivity contribution is 4.90. The lowest BCUT2D eigenvalue weighted by Crippen LogP contribution is -2.40. The minimum atomic E-state index is 0.0689. The zero-order chi connectivity index (χ0) is 9.41. The summed E-state index contributed by atoms with van der Waals surface area (Å²) in [5.74, 6) is 0.947. The van der Waals surface area contributed by atoms with E-state index in [1.807, 2.05) is 0 Å². The molecule has 12 heavy (non-hydrogen) atoms. The fraction of sp³-hybridized carbons (Fsp3) is 1.00.